The zero-order valence-corrected chi connectivity index (χ0v) is 12.7. The quantitative estimate of drug-likeness (QED) is 0.759. The van der Waals surface area contributed by atoms with Crippen LogP contribution in [0.3, 0.4) is 0 Å². The van der Waals surface area contributed by atoms with Gasteiger partial charge >= 0.3 is 0 Å². The molecule has 0 bridgehead atoms. The number of nitrogens with one attached hydrogen (secondary N) is 2. The molecule has 1 fully saturated rings. The van der Waals surface area contributed by atoms with Crippen LogP contribution >= 0.6 is 0 Å². The number of fused-ring (bicyclic) bond motifs is 1. The average molecular weight is 271 g/mol. The number of aromatic nitrogens is 1. The van der Waals surface area contributed by atoms with Gasteiger partial charge in [-0.25, -0.2) is 0 Å². The smallest absolute Gasteiger partial charge is 0.128 e. The molecule has 2 unspecified atom stereocenters. The second-order valence-corrected chi connectivity index (χ2v) is 7.21. The molecule has 20 heavy (non-hydrogen) atoms. The number of hydrogen-bond donors (Lipinski definition) is 3. The molecule has 3 nitrogen and oxygen atoms in total. The molecular weight excluding hydrogens is 246 g/mol. The third-order valence-corrected chi connectivity index (χ3v) is 4.48. The summed E-state index contributed by atoms with van der Waals surface area (Å²) in [7, 11) is 0. The number of nitrogen functional groups attached to an aromatic ring is 1. The van der Waals surface area contributed by atoms with Crippen LogP contribution < -0.4 is 11.1 Å². The number of aromatic amines is 1. The van der Waals surface area contributed by atoms with E-state index in [9.17, 15) is 0 Å². The average Bonchev–Trinajstić information content (AvgIpc) is 2.64. The van der Waals surface area contributed by atoms with Crippen LogP contribution in [-0.2, 0) is 0 Å². The van der Waals surface area contributed by atoms with Gasteiger partial charge in [0.15, 0.2) is 0 Å². The van der Waals surface area contributed by atoms with E-state index in [1.165, 1.54) is 19.3 Å². The predicted octanol–water partition coefficient (Wildman–Crippen LogP) is 4.38. The zero-order valence-electron chi connectivity index (χ0n) is 12.7. The molecule has 0 amide bonds. The summed E-state index contributed by atoms with van der Waals surface area (Å²) in [5.74, 6) is 1.75. The minimum absolute atomic E-state index is 0.413. The van der Waals surface area contributed by atoms with Crippen LogP contribution in [0.5, 0.6) is 0 Å². The molecule has 1 saturated carbocycles. The lowest BCUT2D eigenvalue weighted by Crippen LogP contribution is -2.35. The standard InChI is InChI=1S/C17H25N3/c1-11-8-12(10-17(2,3)9-11)19-16-15(18)13-6-4-5-7-14(13)20-16/h4-7,11-12,19-20H,8-10,18H2,1-3H3. The molecular formula is C17H25N3. The number of benzene rings is 1. The van der Waals surface area contributed by atoms with Crippen molar-refractivity contribution in [1.29, 1.82) is 0 Å². The zero-order chi connectivity index (χ0) is 14.3. The van der Waals surface area contributed by atoms with Crippen molar-refractivity contribution in [3.05, 3.63) is 24.3 Å². The Labute approximate surface area is 120 Å². The predicted molar refractivity (Wildman–Crippen MR) is 86.9 cm³/mol. The fourth-order valence-electron chi connectivity index (χ4n) is 3.94. The van der Waals surface area contributed by atoms with Crippen molar-refractivity contribution in [2.75, 3.05) is 11.1 Å². The minimum Gasteiger partial charge on any atom is -0.395 e. The van der Waals surface area contributed by atoms with E-state index in [4.69, 9.17) is 5.73 Å². The van der Waals surface area contributed by atoms with E-state index < -0.39 is 0 Å². The van der Waals surface area contributed by atoms with Crippen molar-refractivity contribution >= 4 is 22.4 Å². The van der Waals surface area contributed by atoms with Crippen molar-refractivity contribution in [3.8, 4) is 0 Å². The van der Waals surface area contributed by atoms with Gasteiger partial charge in [0, 0.05) is 16.9 Å². The number of rotatable bonds is 2. The molecule has 108 valence electrons. The Morgan fingerprint density at radius 3 is 2.70 bits per heavy atom. The van der Waals surface area contributed by atoms with Gasteiger partial charge in [-0.2, -0.15) is 0 Å². The van der Waals surface area contributed by atoms with E-state index in [1.807, 2.05) is 12.1 Å². The second kappa shape index (κ2) is 4.72. The van der Waals surface area contributed by atoms with Crippen LogP contribution in [0.25, 0.3) is 10.9 Å². The summed E-state index contributed by atoms with van der Waals surface area (Å²) >= 11 is 0. The molecule has 3 rings (SSSR count). The Hall–Kier alpha value is -1.64. The Balaban J connectivity index is 1.84. The van der Waals surface area contributed by atoms with Gasteiger partial charge in [-0.1, -0.05) is 39.0 Å². The van der Waals surface area contributed by atoms with Crippen molar-refractivity contribution in [1.82, 2.24) is 4.98 Å². The summed E-state index contributed by atoms with van der Waals surface area (Å²) in [5, 5.41) is 4.75. The number of para-hydroxylation sites is 1. The molecule has 0 radical (unpaired) electrons. The van der Waals surface area contributed by atoms with Gasteiger partial charge in [0.05, 0.1) is 5.69 Å². The van der Waals surface area contributed by atoms with Crippen LogP contribution in [0.2, 0.25) is 0 Å². The summed E-state index contributed by atoms with van der Waals surface area (Å²) in [6.07, 6.45) is 3.73. The summed E-state index contributed by atoms with van der Waals surface area (Å²) in [5.41, 5.74) is 8.63. The number of H-pyrrole nitrogens is 1. The Morgan fingerprint density at radius 2 is 2.00 bits per heavy atom. The van der Waals surface area contributed by atoms with Crippen LogP contribution in [-0.4, -0.2) is 11.0 Å². The monoisotopic (exact) mass is 271 g/mol. The third-order valence-electron chi connectivity index (χ3n) is 4.48. The molecule has 2 aromatic rings. The maximum absolute atomic E-state index is 6.26. The highest BCUT2D eigenvalue weighted by Crippen LogP contribution is 2.40. The Morgan fingerprint density at radius 1 is 1.25 bits per heavy atom. The molecule has 0 saturated heterocycles. The van der Waals surface area contributed by atoms with Crippen molar-refractivity contribution < 1.29 is 0 Å². The van der Waals surface area contributed by atoms with E-state index in [0.29, 0.717) is 11.5 Å². The van der Waals surface area contributed by atoms with Gasteiger partial charge in [-0.05, 0) is 36.7 Å². The third kappa shape index (κ3) is 2.49. The molecule has 4 N–H and O–H groups in total. The van der Waals surface area contributed by atoms with Gasteiger partial charge in [0.25, 0.3) is 0 Å². The minimum atomic E-state index is 0.413. The second-order valence-electron chi connectivity index (χ2n) is 7.21. The van der Waals surface area contributed by atoms with Crippen LogP contribution in [0.4, 0.5) is 11.5 Å². The first kappa shape index (κ1) is 13.3. The summed E-state index contributed by atoms with van der Waals surface area (Å²) in [4.78, 5) is 3.42. The largest absolute Gasteiger partial charge is 0.395 e. The van der Waals surface area contributed by atoms with E-state index in [2.05, 4.69) is 43.2 Å². The van der Waals surface area contributed by atoms with Crippen LogP contribution in [0.15, 0.2) is 24.3 Å². The molecule has 1 heterocycles. The highest BCUT2D eigenvalue weighted by Gasteiger charge is 2.32. The molecule has 1 aliphatic carbocycles. The maximum Gasteiger partial charge on any atom is 0.128 e. The van der Waals surface area contributed by atoms with Crippen LogP contribution in [0, 0.1) is 11.3 Å². The van der Waals surface area contributed by atoms with Crippen molar-refractivity contribution in [2.24, 2.45) is 11.3 Å². The van der Waals surface area contributed by atoms with Gasteiger partial charge in [-0.3, -0.25) is 0 Å². The number of hydrogen-bond acceptors (Lipinski definition) is 2. The summed E-state index contributed by atoms with van der Waals surface area (Å²) in [6.45, 7) is 7.09. The van der Waals surface area contributed by atoms with Crippen molar-refractivity contribution in [3.63, 3.8) is 0 Å². The molecule has 0 spiro atoms. The van der Waals surface area contributed by atoms with Gasteiger partial charge < -0.3 is 16.0 Å². The van der Waals surface area contributed by atoms with Crippen LogP contribution in [0.1, 0.15) is 40.0 Å². The first-order valence-corrected chi connectivity index (χ1v) is 7.57. The molecule has 1 aliphatic rings. The van der Waals surface area contributed by atoms with Crippen molar-refractivity contribution in [2.45, 2.75) is 46.1 Å². The van der Waals surface area contributed by atoms with Gasteiger partial charge in [0.1, 0.15) is 5.82 Å². The highest BCUT2D eigenvalue weighted by molar-refractivity contribution is 5.98. The molecule has 2 atom stereocenters. The topological polar surface area (TPSA) is 53.8 Å². The van der Waals surface area contributed by atoms with E-state index in [0.717, 1.165) is 28.3 Å². The molecule has 0 aliphatic heterocycles. The van der Waals surface area contributed by atoms with E-state index in [1.54, 1.807) is 0 Å². The SMILES string of the molecule is CC1CC(Nc2[nH]c3ccccc3c2N)CC(C)(C)C1. The lowest BCUT2D eigenvalue weighted by molar-refractivity contribution is 0.178. The Kier molecular flexibility index (Phi) is 3.15. The summed E-state index contributed by atoms with van der Waals surface area (Å²) < 4.78 is 0. The fourth-order valence-corrected chi connectivity index (χ4v) is 3.94. The lowest BCUT2D eigenvalue weighted by Gasteiger charge is -2.39. The maximum atomic E-state index is 6.26. The first-order chi connectivity index (χ1) is 9.44. The van der Waals surface area contributed by atoms with Gasteiger partial charge in [-0.15, -0.1) is 0 Å². The lowest BCUT2D eigenvalue weighted by atomic mass is 9.70. The molecule has 1 aromatic heterocycles. The normalized spacial score (nSPS) is 25.8. The summed E-state index contributed by atoms with van der Waals surface area (Å²) in [6, 6.07) is 8.71. The fraction of sp³-hybridized carbons (Fsp3) is 0.529. The Bertz CT molecular complexity index is 612. The molecule has 1 aromatic carbocycles. The van der Waals surface area contributed by atoms with E-state index >= 15 is 0 Å². The van der Waals surface area contributed by atoms with E-state index in [-0.39, 0.29) is 0 Å². The van der Waals surface area contributed by atoms with Gasteiger partial charge in [0.2, 0.25) is 0 Å². The molecule has 3 heteroatoms. The number of anilines is 2. The number of nitrogens with two attached hydrogens (primary N) is 1. The first-order valence-electron chi connectivity index (χ1n) is 7.57. The highest BCUT2D eigenvalue weighted by atomic mass is 15.0.